The molecular formula is C33H63O9PS. The van der Waals surface area contributed by atoms with Crippen molar-refractivity contribution < 1.29 is 42.7 Å². The number of rotatable bonds is 32. The number of carbonyl (C=O) groups excluding carboxylic acids is 3. The zero-order chi connectivity index (χ0) is 32.7. The van der Waals surface area contributed by atoms with E-state index in [-0.39, 0.29) is 24.6 Å². The van der Waals surface area contributed by atoms with E-state index in [0.29, 0.717) is 12.8 Å². The molecule has 0 bridgehead atoms. The fraction of sp³-hybridized carbons (Fsp3) is 0.909. The third-order valence-electron chi connectivity index (χ3n) is 7.47. The molecule has 0 saturated heterocycles. The van der Waals surface area contributed by atoms with Crippen LogP contribution in [0.25, 0.3) is 0 Å². The Kier molecular flexibility index (Phi) is 30.1. The van der Waals surface area contributed by atoms with Crippen molar-refractivity contribution >= 4 is 36.6 Å². The molecular weight excluding hydrogens is 603 g/mol. The van der Waals surface area contributed by atoms with E-state index in [1.54, 1.807) is 6.92 Å². The molecule has 1 atom stereocenters. The molecule has 0 heterocycles. The van der Waals surface area contributed by atoms with Gasteiger partial charge in [-0.15, -0.1) is 0 Å². The Morgan fingerprint density at radius 3 is 1.45 bits per heavy atom. The van der Waals surface area contributed by atoms with Gasteiger partial charge in [-0.25, -0.2) is 4.57 Å². The average Bonchev–Trinajstić information content (AvgIpc) is 2.96. The predicted molar refractivity (Wildman–Crippen MR) is 178 cm³/mol. The summed E-state index contributed by atoms with van der Waals surface area (Å²) in [6.45, 7) is 3.00. The molecule has 2 N–H and O–H groups in total. The fourth-order valence-corrected chi connectivity index (χ4v) is 5.91. The van der Waals surface area contributed by atoms with Gasteiger partial charge in [0.2, 0.25) is 0 Å². The van der Waals surface area contributed by atoms with Crippen LogP contribution in [-0.4, -0.2) is 51.9 Å². The molecule has 9 nitrogen and oxygen atoms in total. The summed E-state index contributed by atoms with van der Waals surface area (Å²) >= 11 is 1.40. The Labute approximate surface area is 272 Å². The van der Waals surface area contributed by atoms with Crippen LogP contribution in [0.2, 0.25) is 0 Å². The van der Waals surface area contributed by atoms with E-state index in [9.17, 15) is 18.9 Å². The maximum absolute atomic E-state index is 12.3. The van der Waals surface area contributed by atoms with Crippen LogP contribution in [0.4, 0.5) is 0 Å². The molecule has 44 heavy (non-hydrogen) atoms. The van der Waals surface area contributed by atoms with Crippen LogP contribution in [0, 0.1) is 0 Å². The minimum Gasteiger partial charge on any atom is -0.462 e. The van der Waals surface area contributed by atoms with Crippen LogP contribution in [0.1, 0.15) is 168 Å². The molecule has 0 aliphatic rings. The Bertz CT molecular complexity index is 760. The van der Waals surface area contributed by atoms with Crippen molar-refractivity contribution in [3.05, 3.63) is 0 Å². The van der Waals surface area contributed by atoms with Crippen molar-refractivity contribution in [3.63, 3.8) is 0 Å². The van der Waals surface area contributed by atoms with Gasteiger partial charge in [-0.1, -0.05) is 141 Å². The summed E-state index contributed by atoms with van der Waals surface area (Å²) in [5.74, 6) is 0.00936. The van der Waals surface area contributed by atoms with Gasteiger partial charge in [0.25, 0.3) is 0 Å². The van der Waals surface area contributed by atoms with E-state index in [1.807, 2.05) is 0 Å². The largest absolute Gasteiger partial charge is 0.469 e. The van der Waals surface area contributed by atoms with Crippen LogP contribution in [0.3, 0.4) is 0 Å². The number of hydrogen-bond acceptors (Lipinski definition) is 8. The zero-order valence-electron chi connectivity index (χ0n) is 27.8. The number of carbonyl (C=O) groups is 3. The summed E-state index contributed by atoms with van der Waals surface area (Å²) in [4.78, 5) is 53.4. The maximum Gasteiger partial charge on any atom is 0.469 e. The van der Waals surface area contributed by atoms with Gasteiger partial charge >= 0.3 is 19.8 Å². The topological polar surface area (TPSA) is 136 Å². The van der Waals surface area contributed by atoms with Crippen molar-refractivity contribution in [1.29, 1.82) is 0 Å². The van der Waals surface area contributed by atoms with E-state index < -0.39 is 32.5 Å². The van der Waals surface area contributed by atoms with Gasteiger partial charge in [0.1, 0.15) is 6.61 Å². The van der Waals surface area contributed by atoms with Crippen LogP contribution in [0.5, 0.6) is 0 Å². The zero-order valence-corrected chi connectivity index (χ0v) is 29.5. The summed E-state index contributed by atoms with van der Waals surface area (Å²) in [6, 6.07) is 0. The highest BCUT2D eigenvalue weighted by Gasteiger charge is 2.22. The van der Waals surface area contributed by atoms with Gasteiger partial charge in [0.15, 0.2) is 11.2 Å². The number of phosphoric ester groups is 1. The molecule has 0 rings (SSSR count). The lowest BCUT2D eigenvalue weighted by Gasteiger charge is -2.18. The highest BCUT2D eigenvalue weighted by Crippen LogP contribution is 2.36. The average molecular weight is 667 g/mol. The molecule has 260 valence electrons. The summed E-state index contributed by atoms with van der Waals surface area (Å²) in [5.41, 5.74) is 0. The number of phosphoric acid groups is 1. The molecule has 0 aromatic carbocycles. The van der Waals surface area contributed by atoms with Crippen molar-refractivity contribution in [1.82, 2.24) is 0 Å². The summed E-state index contributed by atoms with van der Waals surface area (Å²) in [7, 11) is -4.75. The first-order valence-corrected chi connectivity index (χ1v) is 19.8. The van der Waals surface area contributed by atoms with Crippen molar-refractivity contribution in [2.24, 2.45) is 0 Å². The quantitative estimate of drug-likeness (QED) is 0.0406. The van der Waals surface area contributed by atoms with Crippen LogP contribution in [-0.2, 0) is 32.9 Å². The van der Waals surface area contributed by atoms with Gasteiger partial charge in [0.05, 0.1) is 6.61 Å². The van der Waals surface area contributed by atoms with Crippen molar-refractivity contribution in [2.75, 3.05) is 19.0 Å². The fourth-order valence-electron chi connectivity index (χ4n) is 4.91. The van der Waals surface area contributed by atoms with Crippen molar-refractivity contribution in [3.8, 4) is 0 Å². The molecule has 11 heteroatoms. The molecule has 0 radical (unpaired) electrons. The second kappa shape index (κ2) is 30.7. The van der Waals surface area contributed by atoms with Gasteiger partial charge in [0, 0.05) is 25.5 Å². The van der Waals surface area contributed by atoms with Crippen LogP contribution in [0.15, 0.2) is 0 Å². The van der Waals surface area contributed by atoms with Gasteiger partial charge in [-0.05, 0) is 19.3 Å². The van der Waals surface area contributed by atoms with E-state index in [4.69, 9.17) is 19.3 Å². The van der Waals surface area contributed by atoms with Gasteiger partial charge in [-0.3, -0.25) is 18.9 Å². The molecule has 0 aromatic heterocycles. The Morgan fingerprint density at radius 1 is 0.614 bits per heavy atom. The van der Waals surface area contributed by atoms with E-state index in [1.165, 1.54) is 95.2 Å². The third-order valence-corrected chi connectivity index (χ3v) is 8.86. The van der Waals surface area contributed by atoms with Crippen LogP contribution < -0.4 is 0 Å². The lowest BCUT2D eigenvalue weighted by Crippen LogP contribution is -2.29. The number of thioether (sulfide) groups is 1. The normalized spacial score (nSPS) is 12.3. The predicted octanol–water partition coefficient (Wildman–Crippen LogP) is 9.21. The first-order valence-electron chi connectivity index (χ1n) is 17.3. The molecule has 0 fully saturated rings. The molecule has 0 unspecified atom stereocenters. The Morgan fingerprint density at radius 2 is 1.02 bits per heavy atom. The molecule has 0 saturated carbocycles. The third kappa shape index (κ3) is 34.0. The summed E-state index contributed by atoms with van der Waals surface area (Å²) in [5, 5.41) is 0.191. The lowest BCUT2D eigenvalue weighted by atomic mass is 10.0. The molecule has 0 amide bonds. The van der Waals surface area contributed by atoms with Crippen molar-refractivity contribution in [2.45, 2.75) is 174 Å². The molecule has 0 aliphatic carbocycles. The first kappa shape index (κ1) is 43.1. The highest BCUT2D eigenvalue weighted by atomic mass is 32.2. The molecule has 0 aliphatic heterocycles. The summed E-state index contributed by atoms with van der Waals surface area (Å²) < 4.78 is 26.2. The number of esters is 2. The Hall–Kier alpha value is -0.930. The smallest absolute Gasteiger partial charge is 0.462 e. The maximum atomic E-state index is 12.3. The van der Waals surface area contributed by atoms with Crippen LogP contribution >= 0.6 is 19.6 Å². The second-order valence-electron chi connectivity index (χ2n) is 11.8. The number of unbranched alkanes of at least 4 members (excludes halogenated alkanes) is 20. The van der Waals surface area contributed by atoms with E-state index >= 15 is 0 Å². The first-order chi connectivity index (χ1) is 21.1. The van der Waals surface area contributed by atoms with E-state index in [2.05, 4.69) is 11.4 Å². The van der Waals surface area contributed by atoms with E-state index in [0.717, 1.165) is 50.7 Å². The SMILES string of the molecule is CCCCCCCCCCCCCCC(=O)O[C@H](COC(=O)CCCCCCCCCCCCSC(C)=O)COP(=O)(O)O. The minimum absolute atomic E-state index is 0.191. The highest BCUT2D eigenvalue weighted by molar-refractivity contribution is 8.13. The standard InChI is InChI=1S/C33H63O9PS/c1-3-4-5-6-7-8-9-10-14-17-20-23-26-33(36)42-31(29-41-43(37,38)39)28-40-32(35)25-22-19-16-13-11-12-15-18-21-24-27-44-30(2)34/h31H,3-29H2,1-2H3,(H2,37,38,39)/t31-/m1/s1. The second-order valence-corrected chi connectivity index (χ2v) is 14.4. The number of ether oxygens (including phenoxy) is 2. The molecule has 0 aromatic rings. The summed E-state index contributed by atoms with van der Waals surface area (Å²) in [6.07, 6.45) is 24.5. The number of hydrogen-bond donors (Lipinski definition) is 2. The minimum atomic E-state index is -4.75. The lowest BCUT2D eigenvalue weighted by molar-refractivity contribution is -0.161. The van der Waals surface area contributed by atoms with Gasteiger partial charge in [-0.2, -0.15) is 0 Å². The van der Waals surface area contributed by atoms with Gasteiger partial charge < -0.3 is 19.3 Å². The Balaban J connectivity index is 3.95. The monoisotopic (exact) mass is 666 g/mol. The molecule has 0 spiro atoms.